The Morgan fingerprint density at radius 2 is 2.25 bits per heavy atom. The summed E-state index contributed by atoms with van der Waals surface area (Å²) in [6, 6.07) is 1.71. The number of nitrogens with one attached hydrogen (secondary N) is 1. The fraction of sp³-hybridized carbons (Fsp3) is 1.00. The second kappa shape index (κ2) is 3.75. The quantitative estimate of drug-likeness (QED) is 0.667. The van der Waals surface area contributed by atoms with Gasteiger partial charge >= 0.3 is 0 Å². The van der Waals surface area contributed by atoms with Crippen LogP contribution in [0.3, 0.4) is 0 Å². The van der Waals surface area contributed by atoms with Gasteiger partial charge in [-0.2, -0.15) is 0 Å². The minimum absolute atomic E-state index is 0.763. The van der Waals surface area contributed by atoms with E-state index in [1.165, 1.54) is 45.3 Å². The third-order valence-electron chi connectivity index (χ3n) is 3.37. The lowest BCUT2D eigenvalue weighted by molar-refractivity contribution is 0.0911. The molecule has 0 radical (unpaired) electrons. The van der Waals surface area contributed by atoms with Crippen molar-refractivity contribution in [3.63, 3.8) is 0 Å². The van der Waals surface area contributed by atoms with Crippen LogP contribution in [0.5, 0.6) is 0 Å². The van der Waals surface area contributed by atoms with Crippen molar-refractivity contribution >= 4 is 0 Å². The molecule has 2 aliphatic rings. The van der Waals surface area contributed by atoms with E-state index in [1.54, 1.807) is 0 Å². The molecule has 1 saturated heterocycles. The largest absolute Gasteiger partial charge is 0.311 e. The lowest BCUT2D eigenvalue weighted by Gasteiger charge is -2.42. The SMILES string of the molecule is CCC1CN(C2CCC2)CCN1. The van der Waals surface area contributed by atoms with Crippen LogP contribution in [0.2, 0.25) is 0 Å². The highest BCUT2D eigenvalue weighted by molar-refractivity contribution is 4.86. The summed E-state index contributed by atoms with van der Waals surface area (Å²) in [5, 5.41) is 3.56. The average Bonchev–Trinajstić information content (AvgIpc) is 2.02. The average molecular weight is 168 g/mol. The molecule has 0 amide bonds. The number of hydrogen-bond acceptors (Lipinski definition) is 2. The number of piperazine rings is 1. The van der Waals surface area contributed by atoms with Gasteiger partial charge in [-0.25, -0.2) is 0 Å². The van der Waals surface area contributed by atoms with Gasteiger partial charge in [0.2, 0.25) is 0 Å². The van der Waals surface area contributed by atoms with Crippen molar-refractivity contribution in [3.05, 3.63) is 0 Å². The number of rotatable bonds is 2. The molecule has 0 aromatic rings. The van der Waals surface area contributed by atoms with Gasteiger partial charge in [-0.1, -0.05) is 13.3 Å². The Balaban J connectivity index is 1.81. The molecular formula is C10H20N2. The fourth-order valence-corrected chi connectivity index (χ4v) is 2.21. The standard InChI is InChI=1S/C10H20N2/c1-2-9-8-12(7-6-11-9)10-4-3-5-10/h9-11H,2-8H2,1H3. The van der Waals surface area contributed by atoms with Gasteiger partial charge < -0.3 is 5.32 Å². The van der Waals surface area contributed by atoms with E-state index in [0.717, 1.165) is 12.1 Å². The van der Waals surface area contributed by atoms with Crippen molar-refractivity contribution < 1.29 is 0 Å². The summed E-state index contributed by atoms with van der Waals surface area (Å²) < 4.78 is 0. The zero-order chi connectivity index (χ0) is 8.39. The Labute approximate surface area is 75.3 Å². The maximum absolute atomic E-state index is 3.56. The van der Waals surface area contributed by atoms with Crippen molar-refractivity contribution in [3.8, 4) is 0 Å². The highest BCUT2D eigenvalue weighted by atomic mass is 15.2. The van der Waals surface area contributed by atoms with Crippen molar-refractivity contribution in [1.29, 1.82) is 0 Å². The molecule has 2 rings (SSSR count). The molecule has 1 heterocycles. The van der Waals surface area contributed by atoms with Gasteiger partial charge in [0.05, 0.1) is 0 Å². The molecule has 0 spiro atoms. The molecule has 1 saturated carbocycles. The van der Waals surface area contributed by atoms with Crippen LogP contribution >= 0.6 is 0 Å². The minimum Gasteiger partial charge on any atom is -0.311 e. The molecule has 1 aliphatic carbocycles. The normalized spacial score (nSPS) is 33.2. The highest BCUT2D eigenvalue weighted by Crippen LogP contribution is 2.25. The Morgan fingerprint density at radius 1 is 1.42 bits per heavy atom. The lowest BCUT2D eigenvalue weighted by atomic mass is 9.90. The van der Waals surface area contributed by atoms with Crippen LogP contribution in [0.15, 0.2) is 0 Å². The van der Waals surface area contributed by atoms with Gasteiger partial charge in [0.25, 0.3) is 0 Å². The van der Waals surface area contributed by atoms with Crippen molar-refractivity contribution in [2.45, 2.75) is 44.7 Å². The van der Waals surface area contributed by atoms with E-state index in [-0.39, 0.29) is 0 Å². The van der Waals surface area contributed by atoms with E-state index in [4.69, 9.17) is 0 Å². The van der Waals surface area contributed by atoms with Gasteiger partial charge in [-0.05, 0) is 19.3 Å². The monoisotopic (exact) mass is 168 g/mol. The van der Waals surface area contributed by atoms with Gasteiger partial charge in [0, 0.05) is 31.7 Å². The third-order valence-corrected chi connectivity index (χ3v) is 3.37. The van der Waals surface area contributed by atoms with Crippen LogP contribution < -0.4 is 5.32 Å². The van der Waals surface area contributed by atoms with Gasteiger partial charge in [-0.15, -0.1) is 0 Å². The van der Waals surface area contributed by atoms with Gasteiger partial charge in [0.1, 0.15) is 0 Å². The maximum atomic E-state index is 3.56. The molecule has 1 N–H and O–H groups in total. The predicted octanol–water partition coefficient (Wildman–Crippen LogP) is 1.22. The van der Waals surface area contributed by atoms with Gasteiger partial charge in [0.15, 0.2) is 0 Å². The summed E-state index contributed by atoms with van der Waals surface area (Å²) in [7, 11) is 0. The first-order chi connectivity index (χ1) is 5.90. The zero-order valence-corrected chi connectivity index (χ0v) is 8.05. The molecule has 70 valence electrons. The molecule has 2 fully saturated rings. The van der Waals surface area contributed by atoms with Crippen LogP contribution in [0.4, 0.5) is 0 Å². The summed E-state index contributed by atoms with van der Waals surface area (Å²) in [5.41, 5.74) is 0. The first kappa shape index (κ1) is 8.52. The van der Waals surface area contributed by atoms with Crippen LogP contribution in [0.25, 0.3) is 0 Å². The predicted molar refractivity (Wildman–Crippen MR) is 51.3 cm³/mol. The van der Waals surface area contributed by atoms with E-state index >= 15 is 0 Å². The Hall–Kier alpha value is -0.0800. The van der Waals surface area contributed by atoms with Crippen LogP contribution in [0.1, 0.15) is 32.6 Å². The van der Waals surface area contributed by atoms with Crippen molar-refractivity contribution in [1.82, 2.24) is 10.2 Å². The Bertz CT molecular complexity index is 143. The number of nitrogens with zero attached hydrogens (tertiary/aromatic N) is 1. The molecule has 1 atom stereocenters. The molecule has 1 aliphatic heterocycles. The van der Waals surface area contributed by atoms with Crippen LogP contribution in [0, 0.1) is 0 Å². The molecule has 12 heavy (non-hydrogen) atoms. The molecule has 2 heteroatoms. The zero-order valence-electron chi connectivity index (χ0n) is 8.05. The maximum Gasteiger partial charge on any atom is 0.0193 e. The van der Waals surface area contributed by atoms with Crippen LogP contribution in [-0.2, 0) is 0 Å². The summed E-state index contributed by atoms with van der Waals surface area (Å²) >= 11 is 0. The molecular weight excluding hydrogens is 148 g/mol. The van der Waals surface area contributed by atoms with Crippen molar-refractivity contribution in [2.24, 2.45) is 0 Å². The fourth-order valence-electron chi connectivity index (χ4n) is 2.21. The Kier molecular flexibility index (Phi) is 2.66. The van der Waals surface area contributed by atoms with E-state index in [9.17, 15) is 0 Å². The molecule has 2 nitrogen and oxygen atoms in total. The summed E-state index contributed by atoms with van der Waals surface area (Å²) in [4.78, 5) is 2.69. The summed E-state index contributed by atoms with van der Waals surface area (Å²) in [5.74, 6) is 0. The van der Waals surface area contributed by atoms with E-state index in [2.05, 4.69) is 17.1 Å². The Morgan fingerprint density at radius 3 is 2.83 bits per heavy atom. The number of hydrogen-bond donors (Lipinski definition) is 1. The van der Waals surface area contributed by atoms with Gasteiger partial charge in [-0.3, -0.25) is 4.90 Å². The van der Waals surface area contributed by atoms with E-state index < -0.39 is 0 Å². The second-order valence-electron chi connectivity index (χ2n) is 4.14. The first-order valence-corrected chi connectivity index (χ1v) is 5.37. The molecule has 1 unspecified atom stereocenters. The lowest BCUT2D eigenvalue weighted by Crippen LogP contribution is -2.55. The summed E-state index contributed by atoms with van der Waals surface area (Å²) in [6.45, 7) is 6.05. The summed E-state index contributed by atoms with van der Waals surface area (Å²) in [6.07, 6.45) is 5.65. The molecule has 0 aromatic carbocycles. The highest BCUT2D eigenvalue weighted by Gasteiger charge is 2.28. The topological polar surface area (TPSA) is 15.3 Å². The van der Waals surface area contributed by atoms with Crippen LogP contribution in [-0.4, -0.2) is 36.6 Å². The first-order valence-electron chi connectivity index (χ1n) is 5.37. The smallest absolute Gasteiger partial charge is 0.0193 e. The minimum atomic E-state index is 0.763. The van der Waals surface area contributed by atoms with Crippen molar-refractivity contribution in [2.75, 3.05) is 19.6 Å². The van der Waals surface area contributed by atoms with E-state index in [1.807, 2.05) is 0 Å². The second-order valence-corrected chi connectivity index (χ2v) is 4.14. The van der Waals surface area contributed by atoms with E-state index in [0.29, 0.717) is 0 Å². The molecule has 0 bridgehead atoms. The molecule has 0 aromatic heterocycles. The third kappa shape index (κ3) is 1.64.